The van der Waals surface area contributed by atoms with Gasteiger partial charge in [-0.15, -0.1) is 0 Å². The number of benzene rings is 1. The van der Waals surface area contributed by atoms with Gasteiger partial charge in [0.2, 0.25) is 0 Å². The van der Waals surface area contributed by atoms with Crippen LogP contribution >= 0.6 is 0 Å². The van der Waals surface area contributed by atoms with Crippen molar-refractivity contribution in [3.63, 3.8) is 0 Å². The fraction of sp³-hybridized carbons (Fsp3) is 0.316. The fourth-order valence-corrected chi connectivity index (χ4v) is 2.86. The maximum absolute atomic E-state index is 12.5. The molecule has 0 spiro atoms. The highest BCUT2D eigenvalue weighted by Gasteiger charge is 2.30. The van der Waals surface area contributed by atoms with Gasteiger partial charge in [0, 0.05) is 25.5 Å². The summed E-state index contributed by atoms with van der Waals surface area (Å²) in [6.45, 7) is 0.760. The molecule has 26 heavy (non-hydrogen) atoms. The number of para-hydroxylation sites is 1. The number of carbonyl (C=O) groups is 2. The summed E-state index contributed by atoms with van der Waals surface area (Å²) in [5, 5.41) is 5.63. The average Bonchev–Trinajstić information content (AvgIpc) is 3.17. The monoisotopic (exact) mass is 354 g/mol. The van der Waals surface area contributed by atoms with Gasteiger partial charge in [-0.05, 0) is 36.6 Å². The Morgan fingerprint density at radius 3 is 2.77 bits per heavy atom. The van der Waals surface area contributed by atoms with Gasteiger partial charge in [-0.25, -0.2) is 0 Å². The van der Waals surface area contributed by atoms with Crippen LogP contribution in [-0.4, -0.2) is 35.6 Å². The van der Waals surface area contributed by atoms with E-state index in [-0.39, 0.29) is 17.9 Å². The molecule has 0 saturated carbocycles. The number of aromatic nitrogens is 1. The van der Waals surface area contributed by atoms with Crippen molar-refractivity contribution in [2.75, 3.05) is 11.9 Å². The first-order chi connectivity index (χ1) is 12.7. The Bertz CT molecular complexity index is 766. The first kappa shape index (κ1) is 18.0. The van der Waals surface area contributed by atoms with Crippen LogP contribution in [0.1, 0.15) is 28.8 Å². The lowest BCUT2D eigenvalue weighted by Gasteiger charge is -2.15. The molecular weight excluding hydrogens is 332 g/mol. The van der Waals surface area contributed by atoms with Crippen LogP contribution in [0.15, 0.2) is 48.8 Å². The number of anilines is 1. The van der Waals surface area contributed by atoms with Gasteiger partial charge in [-0.2, -0.15) is 0 Å². The van der Waals surface area contributed by atoms with Crippen LogP contribution in [0.2, 0.25) is 0 Å². The van der Waals surface area contributed by atoms with Crippen molar-refractivity contribution in [1.29, 1.82) is 0 Å². The minimum absolute atomic E-state index is 0.0798. The van der Waals surface area contributed by atoms with E-state index in [0.717, 1.165) is 12.0 Å². The second-order valence-electron chi connectivity index (χ2n) is 6.14. The van der Waals surface area contributed by atoms with Crippen LogP contribution in [0.4, 0.5) is 5.69 Å². The Morgan fingerprint density at radius 1 is 1.19 bits per heavy atom. The zero-order valence-electron chi connectivity index (χ0n) is 14.4. The second-order valence-corrected chi connectivity index (χ2v) is 6.14. The van der Waals surface area contributed by atoms with Gasteiger partial charge in [0.1, 0.15) is 6.10 Å². The lowest BCUT2D eigenvalue weighted by Crippen LogP contribution is -2.31. The minimum atomic E-state index is -0.532. The number of carbonyl (C=O) groups excluding carboxylic acids is 2. The molecule has 1 aliphatic rings. The maximum Gasteiger partial charge on any atom is 0.253 e. The van der Waals surface area contributed by atoms with Gasteiger partial charge in [-0.1, -0.05) is 18.2 Å². The summed E-state index contributed by atoms with van der Waals surface area (Å²) in [5.41, 5.74) is 7.34. The number of amides is 2. The Hall–Kier alpha value is -2.77. The Morgan fingerprint density at radius 2 is 2.04 bits per heavy atom. The van der Waals surface area contributed by atoms with E-state index >= 15 is 0 Å². The van der Waals surface area contributed by atoms with Crippen molar-refractivity contribution >= 4 is 17.5 Å². The molecule has 1 aliphatic heterocycles. The van der Waals surface area contributed by atoms with Crippen LogP contribution in [-0.2, 0) is 16.1 Å². The van der Waals surface area contributed by atoms with E-state index in [4.69, 9.17) is 10.5 Å². The molecule has 0 aliphatic carbocycles. The predicted molar refractivity (Wildman–Crippen MR) is 97.4 cm³/mol. The molecule has 2 amide bonds. The number of pyridine rings is 1. The molecule has 136 valence electrons. The lowest BCUT2D eigenvalue weighted by atomic mass is 10.1. The van der Waals surface area contributed by atoms with E-state index in [1.54, 1.807) is 36.7 Å². The van der Waals surface area contributed by atoms with E-state index in [0.29, 0.717) is 30.8 Å². The molecule has 0 bridgehead atoms. The molecule has 1 aromatic carbocycles. The van der Waals surface area contributed by atoms with Gasteiger partial charge in [-0.3, -0.25) is 14.6 Å². The fourth-order valence-electron chi connectivity index (χ4n) is 2.86. The molecule has 7 heteroatoms. The number of hydrogen-bond acceptors (Lipinski definition) is 5. The van der Waals surface area contributed by atoms with Gasteiger partial charge >= 0.3 is 0 Å². The summed E-state index contributed by atoms with van der Waals surface area (Å²) < 4.78 is 5.61. The molecule has 0 unspecified atom stereocenters. The zero-order valence-corrected chi connectivity index (χ0v) is 14.4. The van der Waals surface area contributed by atoms with Crippen LogP contribution in [0, 0.1) is 0 Å². The molecule has 7 nitrogen and oxygen atoms in total. The summed E-state index contributed by atoms with van der Waals surface area (Å²) in [5.74, 6) is -0.523. The molecule has 2 atom stereocenters. The third kappa shape index (κ3) is 4.44. The lowest BCUT2D eigenvalue weighted by molar-refractivity contribution is -0.126. The normalized spacial score (nSPS) is 19.1. The third-order valence-electron chi connectivity index (χ3n) is 4.27. The van der Waals surface area contributed by atoms with Gasteiger partial charge in [0.05, 0.1) is 17.4 Å². The highest BCUT2D eigenvalue weighted by Crippen LogP contribution is 2.22. The summed E-state index contributed by atoms with van der Waals surface area (Å²) in [6.07, 6.45) is 4.15. The summed E-state index contributed by atoms with van der Waals surface area (Å²) >= 11 is 0. The van der Waals surface area contributed by atoms with E-state index in [9.17, 15) is 9.59 Å². The number of hydrogen-bond donors (Lipinski definition) is 3. The smallest absolute Gasteiger partial charge is 0.253 e. The van der Waals surface area contributed by atoms with Crippen molar-refractivity contribution in [3.8, 4) is 0 Å². The van der Waals surface area contributed by atoms with Crippen LogP contribution in [0.25, 0.3) is 0 Å². The van der Waals surface area contributed by atoms with Crippen LogP contribution < -0.4 is 16.4 Å². The molecule has 1 saturated heterocycles. The van der Waals surface area contributed by atoms with Gasteiger partial charge in [0.25, 0.3) is 11.8 Å². The van der Waals surface area contributed by atoms with E-state index < -0.39 is 6.10 Å². The molecule has 0 radical (unpaired) electrons. The Kier molecular flexibility index (Phi) is 5.93. The zero-order chi connectivity index (χ0) is 18.4. The van der Waals surface area contributed by atoms with E-state index in [2.05, 4.69) is 15.6 Å². The van der Waals surface area contributed by atoms with Crippen molar-refractivity contribution < 1.29 is 14.3 Å². The van der Waals surface area contributed by atoms with Crippen LogP contribution in [0.5, 0.6) is 0 Å². The number of nitrogens with one attached hydrogen (secondary N) is 2. The number of rotatable bonds is 6. The molecule has 2 heterocycles. The topological polar surface area (TPSA) is 106 Å². The molecule has 1 fully saturated rings. The molecule has 4 N–H and O–H groups in total. The molecule has 1 aromatic heterocycles. The second kappa shape index (κ2) is 8.55. The summed E-state index contributed by atoms with van der Waals surface area (Å²) in [4.78, 5) is 28.9. The largest absolute Gasteiger partial charge is 0.364 e. The average molecular weight is 354 g/mol. The van der Waals surface area contributed by atoms with Crippen molar-refractivity contribution in [2.24, 2.45) is 5.73 Å². The van der Waals surface area contributed by atoms with Crippen molar-refractivity contribution in [3.05, 3.63) is 59.9 Å². The Balaban J connectivity index is 1.64. The standard InChI is InChI=1S/C19H22N4O3/c20-10-14-7-8-17(26-14)19(25)23-16-6-2-1-5-15(16)18(24)22-12-13-4-3-9-21-11-13/h1-6,9,11,14,17H,7-8,10,12,20H2,(H,22,24)(H,23,25)/t14-,17+/m1/s1. The molecule has 3 rings (SSSR count). The SMILES string of the molecule is NC[C@H]1CC[C@@H](C(=O)Nc2ccccc2C(=O)NCc2cccnc2)O1. The number of nitrogens with zero attached hydrogens (tertiary/aromatic N) is 1. The predicted octanol–water partition coefficient (Wildman–Crippen LogP) is 1.46. The van der Waals surface area contributed by atoms with Crippen LogP contribution in [0.3, 0.4) is 0 Å². The van der Waals surface area contributed by atoms with Gasteiger partial charge < -0.3 is 21.1 Å². The van der Waals surface area contributed by atoms with Gasteiger partial charge in [0.15, 0.2) is 0 Å². The van der Waals surface area contributed by atoms with E-state index in [1.807, 2.05) is 12.1 Å². The third-order valence-corrected chi connectivity index (χ3v) is 4.27. The number of nitrogens with two attached hydrogens (primary N) is 1. The maximum atomic E-state index is 12.5. The Labute approximate surface area is 151 Å². The van der Waals surface area contributed by atoms with Crippen molar-refractivity contribution in [1.82, 2.24) is 10.3 Å². The minimum Gasteiger partial charge on any atom is -0.364 e. The quantitative estimate of drug-likeness (QED) is 0.728. The molecular formula is C19H22N4O3. The highest BCUT2D eigenvalue weighted by atomic mass is 16.5. The number of ether oxygens (including phenoxy) is 1. The first-order valence-corrected chi connectivity index (χ1v) is 8.60. The summed E-state index contributed by atoms with van der Waals surface area (Å²) in [6, 6.07) is 10.6. The highest BCUT2D eigenvalue weighted by molar-refractivity contribution is 6.04. The first-order valence-electron chi connectivity index (χ1n) is 8.60. The van der Waals surface area contributed by atoms with Crippen molar-refractivity contribution in [2.45, 2.75) is 31.6 Å². The van der Waals surface area contributed by atoms with E-state index in [1.165, 1.54) is 0 Å². The molecule has 2 aromatic rings. The summed E-state index contributed by atoms with van der Waals surface area (Å²) in [7, 11) is 0.